The minimum atomic E-state index is -0.556. The van der Waals surface area contributed by atoms with Crippen LogP contribution < -0.4 is 10.1 Å². The molecule has 4 fully saturated rings. The molecule has 2 N–H and O–H groups in total. The third-order valence-corrected chi connectivity index (χ3v) is 9.08. The lowest BCUT2D eigenvalue weighted by Crippen LogP contribution is -2.48. The minimum absolute atomic E-state index is 0.248. The molecule has 0 aliphatic heterocycles. The second-order valence-electron chi connectivity index (χ2n) is 11.7. The number of benzene rings is 3. The summed E-state index contributed by atoms with van der Waals surface area (Å²) < 4.78 is 5.98. The fraction of sp³-hybridized carbons (Fsp3) is 0.455. The third kappa shape index (κ3) is 5.10. The van der Waals surface area contributed by atoms with Crippen LogP contribution in [0.1, 0.15) is 61.1 Å². The molecule has 0 amide bonds. The van der Waals surface area contributed by atoms with Crippen molar-refractivity contribution in [1.29, 1.82) is 0 Å². The first kappa shape index (κ1) is 23.8. The van der Waals surface area contributed by atoms with Gasteiger partial charge >= 0.3 is 0 Å². The van der Waals surface area contributed by atoms with Crippen molar-refractivity contribution in [3.8, 4) is 5.75 Å². The van der Waals surface area contributed by atoms with Gasteiger partial charge in [-0.1, -0.05) is 72.8 Å². The molecule has 36 heavy (non-hydrogen) atoms. The number of aliphatic hydroxyl groups is 1. The highest BCUT2D eigenvalue weighted by Crippen LogP contribution is 2.60. The Balaban J connectivity index is 1.01. The van der Waals surface area contributed by atoms with E-state index in [9.17, 15) is 5.11 Å². The van der Waals surface area contributed by atoms with E-state index in [1.54, 1.807) is 0 Å². The zero-order valence-electron chi connectivity index (χ0n) is 21.2. The van der Waals surface area contributed by atoms with Crippen LogP contribution in [0, 0.1) is 17.8 Å². The van der Waals surface area contributed by atoms with Crippen LogP contribution in [0.25, 0.3) is 0 Å². The Labute approximate surface area is 215 Å². The van der Waals surface area contributed by atoms with E-state index in [4.69, 9.17) is 4.74 Å². The van der Waals surface area contributed by atoms with Crippen molar-refractivity contribution in [1.82, 2.24) is 5.32 Å². The Kier molecular flexibility index (Phi) is 6.86. The van der Waals surface area contributed by atoms with E-state index < -0.39 is 6.10 Å². The Morgan fingerprint density at radius 2 is 1.25 bits per heavy atom. The van der Waals surface area contributed by atoms with Crippen LogP contribution >= 0.6 is 0 Å². The average molecular weight is 482 g/mol. The Bertz CT molecular complexity index is 1040. The van der Waals surface area contributed by atoms with Crippen LogP contribution in [0.2, 0.25) is 0 Å². The Morgan fingerprint density at radius 3 is 1.78 bits per heavy atom. The van der Waals surface area contributed by atoms with E-state index in [1.807, 2.05) is 0 Å². The highest BCUT2D eigenvalue weighted by Gasteiger charge is 2.51. The van der Waals surface area contributed by atoms with Crippen LogP contribution in [0.3, 0.4) is 0 Å². The number of aliphatic hydroxyl groups excluding tert-OH is 1. The van der Waals surface area contributed by atoms with Crippen LogP contribution in [-0.4, -0.2) is 30.9 Å². The van der Waals surface area contributed by atoms with Crippen LogP contribution in [0.5, 0.6) is 5.75 Å². The first-order valence-electron chi connectivity index (χ1n) is 13.9. The molecule has 3 aromatic rings. The second kappa shape index (κ2) is 10.4. The maximum absolute atomic E-state index is 10.6. The van der Waals surface area contributed by atoms with Crippen LogP contribution in [0.15, 0.2) is 84.9 Å². The largest absolute Gasteiger partial charge is 0.491 e. The summed E-state index contributed by atoms with van der Waals surface area (Å²) in [6.45, 7) is 1.57. The Morgan fingerprint density at radius 1 is 0.722 bits per heavy atom. The van der Waals surface area contributed by atoms with Gasteiger partial charge in [0, 0.05) is 19.0 Å². The fourth-order valence-electron chi connectivity index (χ4n) is 7.81. The average Bonchev–Trinajstić information content (AvgIpc) is 2.90. The predicted octanol–water partition coefficient (Wildman–Crippen LogP) is 6.32. The smallest absolute Gasteiger partial charge is 0.119 e. The first-order valence-corrected chi connectivity index (χ1v) is 13.9. The van der Waals surface area contributed by atoms with Crippen molar-refractivity contribution >= 4 is 0 Å². The summed E-state index contributed by atoms with van der Waals surface area (Å²) in [4.78, 5) is 0. The molecule has 0 radical (unpaired) electrons. The van der Waals surface area contributed by atoms with Crippen LogP contribution in [0.4, 0.5) is 0 Å². The summed E-state index contributed by atoms with van der Waals surface area (Å²) in [5.41, 5.74) is 4.50. The normalized spacial score (nSPS) is 27.3. The molecule has 0 aromatic heterocycles. The summed E-state index contributed by atoms with van der Waals surface area (Å²) in [6.07, 6.45) is 8.03. The summed E-state index contributed by atoms with van der Waals surface area (Å²) in [6, 6.07) is 30.0. The molecular weight excluding hydrogens is 442 g/mol. The highest BCUT2D eigenvalue weighted by atomic mass is 16.5. The summed E-state index contributed by atoms with van der Waals surface area (Å²) in [5, 5.41) is 14.1. The van der Waals surface area contributed by atoms with E-state index in [1.165, 1.54) is 55.2 Å². The maximum atomic E-state index is 10.6. The lowest BCUT2D eigenvalue weighted by Gasteiger charge is -2.57. The van der Waals surface area contributed by atoms with Crippen molar-refractivity contribution in [3.05, 3.63) is 102 Å². The highest BCUT2D eigenvalue weighted by molar-refractivity contribution is 5.35. The van der Waals surface area contributed by atoms with Crippen molar-refractivity contribution in [3.63, 3.8) is 0 Å². The molecule has 188 valence electrons. The minimum Gasteiger partial charge on any atom is -0.491 e. The lowest BCUT2D eigenvalue weighted by atomic mass is 9.48. The molecule has 3 heteroatoms. The molecule has 3 nitrogen and oxygen atoms in total. The zero-order valence-corrected chi connectivity index (χ0v) is 21.2. The molecule has 0 heterocycles. The molecule has 4 aliphatic carbocycles. The predicted molar refractivity (Wildman–Crippen MR) is 145 cm³/mol. The molecule has 3 aromatic carbocycles. The van der Waals surface area contributed by atoms with Crippen molar-refractivity contribution in [2.24, 2.45) is 17.8 Å². The zero-order chi connectivity index (χ0) is 24.4. The van der Waals surface area contributed by atoms with E-state index in [0.29, 0.717) is 18.6 Å². The van der Waals surface area contributed by atoms with Crippen molar-refractivity contribution in [2.75, 3.05) is 19.7 Å². The lowest BCUT2D eigenvalue weighted by molar-refractivity contribution is -0.00521. The summed E-state index contributed by atoms with van der Waals surface area (Å²) in [7, 11) is 0. The van der Waals surface area contributed by atoms with E-state index in [0.717, 1.165) is 30.0 Å². The SMILES string of the molecule is OC(CNCC(c1ccccc1)c1ccccc1)COc1ccc(C23CC4CC(CC(C4)C2)C3)cc1. The van der Waals surface area contributed by atoms with E-state index in [2.05, 4.69) is 90.2 Å². The monoisotopic (exact) mass is 481 g/mol. The molecule has 4 saturated carbocycles. The number of nitrogens with one attached hydrogen (secondary N) is 1. The Hall–Kier alpha value is -2.62. The van der Waals surface area contributed by atoms with E-state index >= 15 is 0 Å². The molecule has 1 atom stereocenters. The molecular formula is C33H39NO2. The molecule has 0 spiro atoms. The van der Waals surface area contributed by atoms with Gasteiger partial charge in [0.05, 0.1) is 0 Å². The van der Waals surface area contributed by atoms with Crippen LogP contribution in [-0.2, 0) is 5.41 Å². The molecule has 1 unspecified atom stereocenters. The topological polar surface area (TPSA) is 41.5 Å². The van der Waals surface area contributed by atoms with Gasteiger partial charge in [0.2, 0.25) is 0 Å². The number of rotatable bonds is 10. The molecule has 4 aliphatic rings. The van der Waals surface area contributed by atoms with E-state index in [-0.39, 0.29) is 5.92 Å². The molecule has 4 bridgehead atoms. The van der Waals surface area contributed by atoms with Gasteiger partial charge in [-0.3, -0.25) is 0 Å². The number of ether oxygens (including phenoxy) is 1. The van der Waals surface area contributed by atoms with Crippen molar-refractivity contribution in [2.45, 2.75) is 56.0 Å². The summed E-state index contributed by atoms with van der Waals surface area (Å²) >= 11 is 0. The number of hydrogen-bond donors (Lipinski definition) is 2. The molecule has 7 rings (SSSR count). The van der Waals surface area contributed by atoms with Gasteiger partial charge in [-0.2, -0.15) is 0 Å². The van der Waals surface area contributed by atoms with Gasteiger partial charge in [0.25, 0.3) is 0 Å². The second-order valence-corrected chi connectivity index (χ2v) is 11.7. The first-order chi connectivity index (χ1) is 17.7. The van der Waals surface area contributed by atoms with Crippen molar-refractivity contribution < 1.29 is 9.84 Å². The van der Waals surface area contributed by atoms with Gasteiger partial charge in [0.1, 0.15) is 18.5 Å². The quantitative estimate of drug-likeness (QED) is 0.356. The summed E-state index contributed by atoms with van der Waals surface area (Å²) in [5.74, 6) is 3.97. The maximum Gasteiger partial charge on any atom is 0.119 e. The van der Waals surface area contributed by atoms with Gasteiger partial charge in [0.15, 0.2) is 0 Å². The van der Waals surface area contributed by atoms with Gasteiger partial charge in [-0.05, 0) is 90.5 Å². The van der Waals surface area contributed by atoms with Gasteiger partial charge < -0.3 is 15.2 Å². The van der Waals surface area contributed by atoms with Gasteiger partial charge in [-0.25, -0.2) is 0 Å². The fourth-order valence-corrected chi connectivity index (χ4v) is 7.81. The third-order valence-electron chi connectivity index (χ3n) is 9.08. The number of hydrogen-bond acceptors (Lipinski definition) is 3. The molecule has 0 saturated heterocycles. The standard InChI is InChI=1S/C33H39NO2/c35-30(21-34-22-32(27-7-3-1-4-8-27)28-9-5-2-6-10-28)23-36-31-13-11-29(12-14-31)33-18-24-15-25(19-33)17-26(16-24)20-33/h1-14,24-26,30,32,34-35H,15-23H2. The van der Waals surface area contributed by atoms with Gasteiger partial charge in [-0.15, -0.1) is 0 Å².